The van der Waals surface area contributed by atoms with Crippen molar-refractivity contribution in [2.24, 2.45) is 22.2 Å². The number of aliphatic imine (C=N–C) groups is 1. The zero-order chi connectivity index (χ0) is 48.9. The number of nitrogens with zero attached hydrogens (tertiary/aromatic N) is 2. The van der Waals surface area contributed by atoms with E-state index in [0.29, 0.717) is 35.7 Å². The van der Waals surface area contributed by atoms with Gasteiger partial charge in [0.05, 0.1) is 12.4 Å². The van der Waals surface area contributed by atoms with Crippen molar-refractivity contribution in [2.45, 2.75) is 114 Å². The van der Waals surface area contributed by atoms with Crippen LogP contribution in [0.15, 0.2) is 78.3 Å². The van der Waals surface area contributed by atoms with E-state index in [1.165, 1.54) is 19.4 Å². The third-order valence-corrected chi connectivity index (χ3v) is 10.5. The summed E-state index contributed by atoms with van der Waals surface area (Å²) in [6.45, 7) is 3.20. The quantitative estimate of drug-likeness (QED) is 0.0150. The van der Waals surface area contributed by atoms with E-state index in [9.17, 15) is 38.4 Å². The van der Waals surface area contributed by atoms with Crippen LogP contribution in [0.25, 0.3) is 10.9 Å². The smallest absolute Gasteiger partial charge is 0.243 e. The van der Waals surface area contributed by atoms with Crippen molar-refractivity contribution in [2.75, 3.05) is 6.54 Å². The van der Waals surface area contributed by atoms with Crippen LogP contribution >= 0.6 is 0 Å². The predicted molar refractivity (Wildman–Crippen MR) is 246 cm³/mol. The number of carbonyl (C=O) groups excluding carboxylic acids is 8. The molecule has 2 aromatic carbocycles. The van der Waals surface area contributed by atoms with Gasteiger partial charge in [0, 0.05) is 68.1 Å². The Kier molecular flexibility index (Phi) is 19.7. The van der Waals surface area contributed by atoms with Crippen molar-refractivity contribution in [1.82, 2.24) is 46.8 Å². The van der Waals surface area contributed by atoms with E-state index in [-0.39, 0.29) is 63.9 Å². The molecule has 354 valence electrons. The summed E-state index contributed by atoms with van der Waals surface area (Å²) >= 11 is 0. The Hall–Kier alpha value is -7.58. The number of aromatic nitrogens is 3. The van der Waals surface area contributed by atoms with Crippen LogP contribution < -0.4 is 49.1 Å². The first-order chi connectivity index (χ1) is 32.1. The lowest BCUT2D eigenvalue weighted by atomic mass is 10.0. The number of hydrogen-bond donors (Lipinski definition) is 11. The van der Waals surface area contributed by atoms with Crippen molar-refractivity contribution >= 4 is 64.5 Å². The summed E-state index contributed by atoms with van der Waals surface area (Å²) in [6, 6.07) is 8.10. The van der Waals surface area contributed by atoms with Gasteiger partial charge in [0.15, 0.2) is 7.37 Å². The molecular weight excluding hydrogens is 851 g/mol. The molecule has 0 aliphatic heterocycles. The minimum Gasteiger partial charge on any atom is -0.370 e. The molecule has 0 bridgehead atoms. The molecule has 0 aliphatic rings. The third-order valence-electron chi connectivity index (χ3n) is 10.5. The predicted octanol–water partition coefficient (Wildman–Crippen LogP) is -0.444. The van der Waals surface area contributed by atoms with Crippen molar-refractivity contribution in [3.05, 3.63) is 90.1 Å². The molecule has 0 saturated heterocycles. The number of aldehydes is 1. The Morgan fingerprint density at radius 2 is 1.35 bits per heavy atom. The number of aromatic amines is 2. The van der Waals surface area contributed by atoms with Gasteiger partial charge in [-0.3, -0.25) is 38.6 Å². The highest BCUT2D eigenvalue weighted by molar-refractivity contribution is 5.97. The topological polar surface area (TPSA) is 344 Å². The standard InChI is InChI=1S/C45H61N13O8/c1-3-4-14-34(53-27(2)60)41(63)56-36(17-18-39(46)61)42(64)58-38(22-30-24-49-26-52-30)44(66)57-37(20-28-11-6-5-7-12-28)43(65)55-35(16-10-19-50-45(47)48)40(62)54-31(25-59)21-29-23-51-33-15-9-8-13-32(29)33/h5-9,11-13,15,23-26,31,34-38,51H,3-4,10,14,16-22H2,1-2H3,(H2,46,61)(H,49,52)(H,53,60)(H,54,62)(H,55,65)(H,56,63)(H,57,66)(H,58,64)(H4,47,48,50)/t31-,34-,35-,36-,37-,38-/m0/s1/i/hD. The number of amides is 7. The molecule has 7 amide bonds. The van der Waals surface area contributed by atoms with Crippen molar-refractivity contribution in [3.63, 3.8) is 0 Å². The van der Waals surface area contributed by atoms with Crippen molar-refractivity contribution < 1.29 is 39.8 Å². The number of rotatable bonds is 28. The fourth-order valence-electron chi connectivity index (χ4n) is 7.11. The molecule has 0 radical (unpaired) electrons. The number of carbonyl (C=O) groups is 8. The molecule has 0 unspecified atom stereocenters. The number of primary amides is 1. The number of guanidine groups is 1. The van der Waals surface area contributed by atoms with E-state index in [4.69, 9.17) is 18.6 Å². The maximum Gasteiger partial charge on any atom is 0.243 e. The highest BCUT2D eigenvalue weighted by atomic mass is 16.2. The van der Waals surface area contributed by atoms with Crippen LogP contribution in [0, 0.1) is 0 Å². The van der Waals surface area contributed by atoms with Crippen LogP contribution in [0.3, 0.4) is 0 Å². The molecule has 4 aromatic rings. The molecule has 0 spiro atoms. The van der Waals surface area contributed by atoms with Gasteiger partial charge in [0.2, 0.25) is 41.4 Å². The maximum atomic E-state index is 14.6. The van der Waals surface area contributed by atoms with E-state index < -0.39 is 77.6 Å². The Morgan fingerprint density at radius 1 is 0.727 bits per heavy atom. The average molecular weight is 913 g/mol. The fraction of sp³-hybridized carbons (Fsp3) is 0.422. The van der Waals surface area contributed by atoms with E-state index >= 15 is 0 Å². The Labute approximate surface area is 383 Å². The number of hydrogen-bond acceptors (Lipinski definition) is 10. The Bertz CT molecular complexity index is 2320. The highest BCUT2D eigenvalue weighted by Crippen LogP contribution is 2.19. The normalized spacial score (nSPS) is 13.9. The van der Waals surface area contributed by atoms with E-state index in [0.717, 1.165) is 16.5 Å². The van der Waals surface area contributed by atoms with E-state index in [1.54, 1.807) is 36.5 Å². The molecular formula is C45H61N13O8. The number of fused-ring (bicyclic) bond motifs is 1. The van der Waals surface area contributed by atoms with Gasteiger partial charge in [-0.15, -0.1) is 0 Å². The molecule has 4 rings (SSSR count). The summed E-state index contributed by atoms with van der Waals surface area (Å²) in [5.74, 6) is -5.73. The number of nitrogens with one attached hydrogen (secondary N) is 8. The second-order valence-electron chi connectivity index (χ2n) is 15.8. The summed E-state index contributed by atoms with van der Waals surface area (Å²) in [4.78, 5) is 121. The zero-order valence-electron chi connectivity index (χ0n) is 38.1. The van der Waals surface area contributed by atoms with Gasteiger partial charge in [0.25, 0.3) is 0 Å². The molecule has 21 nitrogen and oxygen atoms in total. The van der Waals surface area contributed by atoms with Crippen LogP contribution in [0.5, 0.6) is 0 Å². The second-order valence-corrected chi connectivity index (χ2v) is 15.8. The second kappa shape index (κ2) is 26.3. The average Bonchev–Trinajstić information content (AvgIpc) is 3.98. The van der Waals surface area contributed by atoms with E-state index in [1.807, 2.05) is 31.2 Å². The summed E-state index contributed by atoms with van der Waals surface area (Å²) in [6.07, 6.45) is 5.81. The maximum absolute atomic E-state index is 14.6. The molecule has 0 saturated carbocycles. The third kappa shape index (κ3) is 16.8. The van der Waals surface area contributed by atoms with Crippen molar-refractivity contribution in [1.29, 1.82) is 0 Å². The molecule has 6 atom stereocenters. The first-order valence-corrected chi connectivity index (χ1v) is 21.8. The Balaban J connectivity index is 1.63. The van der Waals surface area contributed by atoms with Gasteiger partial charge in [-0.2, -0.15) is 0 Å². The number of unbranched alkanes of at least 4 members (excludes halogenated alkanes) is 1. The van der Waals surface area contributed by atoms with Crippen LogP contribution in [-0.2, 0) is 57.6 Å². The lowest BCUT2D eigenvalue weighted by Crippen LogP contribution is -2.60. The van der Waals surface area contributed by atoms with Crippen molar-refractivity contribution in [3.8, 4) is 0 Å². The molecule has 2 aromatic heterocycles. The minimum absolute atomic E-state index is 0.0489. The SMILES string of the molecule is [2H]N(C(=O)[C@H](Cc1ccccc1)NC(=O)[C@H](Cc1cnc[nH]1)NC(=O)[C@H](CCC(N)=O)NC(=O)[C@H](CCCC)NC(C)=O)[C@@H](CCCN=C(N)N)C(=O)N[C@H](C=O)Cc1c[nH]c2ccccc12. The lowest BCUT2D eigenvalue weighted by molar-refractivity contribution is -0.135. The number of imidazole rings is 1. The number of nitrogens with two attached hydrogens (primary N) is 3. The van der Waals surface area contributed by atoms with Gasteiger partial charge >= 0.3 is 0 Å². The molecule has 2 heterocycles. The van der Waals surface area contributed by atoms with Crippen LogP contribution in [-0.4, -0.2) is 111 Å². The Morgan fingerprint density at radius 3 is 1.98 bits per heavy atom. The number of H-pyrrole nitrogens is 2. The first-order valence-electron chi connectivity index (χ1n) is 22.2. The first kappa shape index (κ1) is 49.4. The molecule has 66 heavy (non-hydrogen) atoms. The largest absolute Gasteiger partial charge is 0.370 e. The van der Waals surface area contributed by atoms with Gasteiger partial charge < -0.3 is 63.9 Å². The molecule has 0 aliphatic carbocycles. The van der Waals surface area contributed by atoms with Gasteiger partial charge in [-0.05, 0) is 42.9 Å². The summed E-state index contributed by atoms with van der Waals surface area (Å²) in [7, 11) is 0. The van der Waals surface area contributed by atoms with Gasteiger partial charge in [-0.1, -0.05) is 68.3 Å². The molecule has 14 N–H and O–H groups in total. The van der Waals surface area contributed by atoms with Crippen LogP contribution in [0.2, 0.25) is 1.41 Å². The lowest BCUT2D eigenvalue weighted by Gasteiger charge is -2.27. The fourth-order valence-corrected chi connectivity index (χ4v) is 7.11. The molecule has 21 heteroatoms. The molecule has 0 fully saturated rings. The van der Waals surface area contributed by atoms with Gasteiger partial charge in [0.1, 0.15) is 36.5 Å². The number of benzene rings is 2. The number of para-hydroxylation sites is 1. The summed E-state index contributed by atoms with van der Waals surface area (Å²) in [5.41, 5.74) is 19.0. The monoisotopic (exact) mass is 912 g/mol. The zero-order valence-corrected chi connectivity index (χ0v) is 37.1. The summed E-state index contributed by atoms with van der Waals surface area (Å²) in [5, 5.41) is 14.4. The van der Waals surface area contributed by atoms with Gasteiger partial charge in [-0.25, -0.2) is 4.98 Å². The van der Waals surface area contributed by atoms with Crippen LogP contribution in [0.1, 0.15) is 75.6 Å². The summed E-state index contributed by atoms with van der Waals surface area (Å²) < 4.78 is 9.14. The van der Waals surface area contributed by atoms with Crippen LogP contribution in [0.4, 0.5) is 0 Å². The van der Waals surface area contributed by atoms with E-state index in [2.05, 4.69) is 46.5 Å². The highest BCUT2D eigenvalue weighted by Gasteiger charge is 2.33. The minimum atomic E-state index is -1.50.